The highest BCUT2D eigenvalue weighted by molar-refractivity contribution is 5.86. The van der Waals surface area contributed by atoms with Gasteiger partial charge in [0.05, 0.1) is 0 Å². The highest BCUT2D eigenvalue weighted by Crippen LogP contribution is 2.22. The minimum Gasteiger partial charge on any atom is -0.366 e. The zero-order valence-corrected chi connectivity index (χ0v) is 9.04. The van der Waals surface area contributed by atoms with Crippen molar-refractivity contribution < 1.29 is 0 Å². The third kappa shape index (κ3) is 1.48. The zero-order chi connectivity index (χ0) is 11.8. The first kappa shape index (κ1) is 9.65. The summed E-state index contributed by atoms with van der Waals surface area (Å²) in [5.41, 5.74) is 6.45. The van der Waals surface area contributed by atoms with E-state index < -0.39 is 0 Å². The maximum Gasteiger partial charge on any atom is 0.241 e. The molecule has 5 heteroatoms. The van der Waals surface area contributed by atoms with Gasteiger partial charge in [0.15, 0.2) is 5.82 Å². The van der Waals surface area contributed by atoms with Crippen LogP contribution in [-0.4, -0.2) is 14.9 Å². The summed E-state index contributed by atoms with van der Waals surface area (Å²) in [4.78, 5) is 0. The van der Waals surface area contributed by atoms with Gasteiger partial charge < -0.3 is 11.6 Å². The number of nitrogens with zero attached hydrogens (tertiary/aromatic N) is 3. The van der Waals surface area contributed by atoms with Gasteiger partial charge in [-0.25, -0.2) is 4.68 Å². The molecule has 0 aliphatic rings. The number of fused-ring (bicyclic) bond motifs is 1. The van der Waals surface area contributed by atoms with Crippen LogP contribution in [0.15, 0.2) is 42.5 Å². The van der Waals surface area contributed by atoms with Crippen molar-refractivity contribution in [2.24, 2.45) is 0 Å². The molecule has 17 heavy (non-hydrogen) atoms. The molecule has 0 saturated heterocycles. The van der Waals surface area contributed by atoms with Crippen LogP contribution in [0.3, 0.4) is 0 Å². The molecule has 0 saturated carbocycles. The van der Waals surface area contributed by atoms with Crippen molar-refractivity contribution in [1.29, 1.82) is 0 Å². The second-order valence-electron chi connectivity index (χ2n) is 3.81. The molecule has 0 spiro atoms. The summed E-state index contributed by atoms with van der Waals surface area (Å²) in [7, 11) is 0. The summed E-state index contributed by atoms with van der Waals surface area (Å²) < 4.78 is 1.28. The molecule has 1 aromatic heterocycles. The molecule has 0 radical (unpaired) electrons. The van der Waals surface area contributed by atoms with E-state index in [1.165, 1.54) is 10.1 Å². The molecule has 2 aromatic carbocycles. The van der Waals surface area contributed by atoms with Gasteiger partial charge in [-0.3, -0.25) is 0 Å². The Morgan fingerprint density at radius 3 is 2.41 bits per heavy atom. The molecule has 0 aliphatic heterocycles. The fraction of sp³-hybridized carbons (Fsp3) is 0. The summed E-state index contributed by atoms with van der Waals surface area (Å²) in [5.74, 6) is 6.51. The van der Waals surface area contributed by atoms with Crippen LogP contribution < -0.4 is 11.6 Å². The van der Waals surface area contributed by atoms with Gasteiger partial charge in [-0.15, -0.1) is 10.2 Å². The predicted octanol–water partition coefficient (Wildman–Crippen LogP) is 1.39. The number of hydrogen-bond acceptors (Lipinski definition) is 4. The third-order valence-corrected chi connectivity index (χ3v) is 2.73. The summed E-state index contributed by atoms with van der Waals surface area (Å²) in [6, 6.07) is 14.1. The van der Waals surface area contributed by atoms with Crippen LogP contribution in [0, 0.1) is 0 Å². The number of rotatable bonds is 1. The lowest BCUT2D eigenvalue weighted by Crippen LogP contribution is -2.13. The van der Waals surface area contributed by atoms with Gasteiger partial charge in [0.25, 0.3) is 0 Å². The van der Waals surface area contributed by atoms with E-state index in [1.54, 1.807) is 0 Å². The minimum absolute atomic E-state index is 0.202. The average Bonchev–Trinajstić information content (AvgIpc) is 2.70. The highest BCUT2D eigenvalue weighted by Gasteiger charge is 2.09. The van der Waals surface area contributed by atoms with E-state index in [1.807, 2.05) is 36.4 Å². The summed E-state index contributed by atoms with van der Waals surface area (Å²) in [5, 5.41) is 10.00. The van der Waals surface area contributed by atoms with Crippen molar-refractivity contribution in [2.75, 3.05) is 11.6 Å². The second kappa shape index (κ2) is 3.48. The number of nitrogens with two attached hydrogens (primary N) is 2. The van der Waals surface area contributed by atoms with Gasteiger partial charge in [-0.2, -0.15) is 0 Å². The van der Waals surface area contributed by atoms with Crippen LogP contribution in [0.2, 0.25) is 0 Å². The molecule has 0 unspecified atom stereocenters. The van der Waals surface area contributed by atoms with Crippen LogP contribution in [0.5, 0.6) is 0 Å². The van der Waals surface area contributed by atoms with Crippen molar-refractivity contribution >= 4 is 16.7 Å². The molecule has 0 amide bonds. The van der Waals surface area contributed by atoms with Gasteiger partial charge >= 0.3 is 0 Å². The van der Waals surface area contributed by atoms with Crippen molar-refractivity contribution in [3.05, 3.63) is 42.5 Å². The second-order valence-corrected chi connectivity index (χ2v) is 3.81. The first-order valence-electron chi connectivity index (χ1n) is 5.21. The molecule has 0 aliphatic carbocycles. The van der Waals surface area contributed by atoms with Gasteiger partial charge in [-0.05, 0) is 16.8 Å². The monoisotopic (exact) mass is 225 g/mol. The quantitative estimate of drug-likeness (QED) is 0.613. The predicted molar refractivity (Wildman–Crippen MR) is 67.5 cm³/mol. The first-order valence-corrected chi connectivity index (χ1v) is 5.21. The van der Waals surface area contributed by atoms with Crippen molar-refractivity contribution in [1.82, 2.24) is 14.9 Å². The molecule has 5 nitrogen and oxygen atoms in total. The fourth-order valence-corrected chi connectivity index (χ4v) is 1.83. The Morgan fingerprint density at radius 1 is 0.941 bits per heavy atom. The molecule has 1 heterocycles. The number of nitrogen functional groups attached to an aromatic ring is 2. The van der Waals surface area contributed by atoms with Gasteiger partial charge in [-0.1, -0.05) is 36.4 Å². The lowest BCUT2D eigenvalue weighted by Gasteiger charge is -2.03. The topological polar surface area (TPSA) is 82.8 Å². The van der Waals surface area contributed by atoms with Crippen molar-refractivity contribution in [3.8, 4) is 11.4 Å². The smallest absolute Gasteiger partial charge is 0.241 e. The molecular weight excluding hydrogens is 214 g/mol. The average molecular weight is 225 g/mol. The number of aromatic nitrogens is 3. The Labute approximate surface area is 97.6 Å². The van der Waals surface area contributed by atoms with E-state index in [-0.39, 0.29) is 5.95 Å². The Bertz CT molecular complexity index is 686. The maximum absolute atomic E-state index is 5.75. The number of anilines is 1. The zero-order valence-electron chi connectivity index (χ0n) is 9.04. The fourth-order valence-electron chi connectivity index (χ4n) is 1.83. The van der Waals surface area contributed by atoms with E-state index in [0.717, 1.165) is 10.9 Å². The Kier molecular flexibility index (Phi) is 1.98. The van der Waals surface area contributed by atoms with Gasteiger partial charge in [0, 0.05) is 5.56 Å². The lowest BCUT2D eigenvalue weighted by atomic mass is 10.1. The molecular formula is C12H11N5. The molecule has 84 valence electrons. The summed E-state index contributed by atoms with van der Waals surface area (Å²) in [6.45, 7) is 0. The minimum atomic E-state index is 0.202. The lowest BCUT2D eigenvalue weighted by molar-refractivity contribution is 1.02. The van der Waals surface area contributed by atoms with Crippen LogP contribution >= 0.6 is 0 Å². The molecule has 3 aromatic rings. The first-order chi connectivity index (χ1) is 8.25. The van der Waals surface area contributed by atoms with Crippen molar-refractivity contribution in [2.45, 2.75) is 0 Å². The summed E-state index contributed by atoms with van der Waals surface area (Å²) in [6.07, 6.45) is 0. The SMILES string of the molecule is Nc1nnc(-c2ccc3ccccc3c2)n1N. The summed E-state index contributed by atoms with van der Waals surface area (Å²) >= 11 is 0. The van der Waals surface area contributed by atoms with Crippen LogP contribution in [0.25, 0.3) is 22.2 Å². The van der Waals surface area contributed by atoms with E-state index >= 15 is 0 Å². The standard InChI is InChI=1S/C12H11N5/c13-12-16-15-11(17(12)14)10-6-5-8-3-1-2-4-9(8)7-10/h1-7H,14H2,(H2,13,16). The Morgan fingerprint density at radius 2 is 1.71 bits per heavy atom. The van der Waals surface area contributed by atoms with E-state index in [4.69, 9.17) is 11.6 Å². The highest BCUT2D eigenvalue weighted by atomic mass is 15.4. The molecule has 0 fully saturated rings. The normalized spacial score (nSPS) is 10.8. The van der Waals surface area contributed by atoms with Crippen molar-refractivity contribution in [3.63, 3.8) is 0 Å². The Balaban J connectivity index is 2.21. The molecule has 0 atom stereocenters. The van der Waals surface area contributed by atoms with Gasteiger partial charge in [0.1, 0.15) is 0 Å². The number of benzene rings is 2. The van der Waals surface area contributed by atoms with Gasteiger partial charge in [0.2, 0.25) is 5.95 Å². The van der Waals surface area contributed by atoms with E-state index in [9.17, 15) is 0 Å². The van der Waals surface area contributed by atoms with Crippen LogP contribution in [-0.2, 0) is 0 Å². The maximum atomic E-state index is 5.75. The molecule has 0 bridgehead atoms. The molecule has 4 N–H and O–H groups in total. The van der Waals surface area contributed by atoms with E-state index in [0.29, 0.717) is 5.82 Å². The van der Waals surface area contributed by atoms with Crippen LogP contribution in [0.4, 0.5) is 5.95 Å². The Hall–Kier alpha value is -2.56. The number of hydrogen-bond donors (Lipinski definition) is 2. The van der Waals surface area contributed by atoms with Crippen LogP contribution in [0.1, 0.15) is 0 Å². The largest absolute Gasteiger partial charge is 0.366 e. The molecule has 3 rings (SSSR count). The van der Waals surface area contributed by atoms with E-state index in [2.05, 4.69) is 16.3 Å². The third-order valence-electron chi connectivity index (χ3n) is 2.73.